The Labute approximate surface area is 149 Å². The molecule has 140 valence electrons. The summed E-state index contributed by atoms with van der Waals surface area (Å²) in [6, 6.07) is 0. The van der Waals surface area contributed by atoms with Crippen LogP contribution in [0, 0.1) is 11.3 Å². The smallest absolute Gasteiger partial charge is 0.273 e. The number of hydrogen-bond donors (Lipinski definition) is 1. The number of amides is 1. The maximum atomic E-state index is 12.4. The van der Waals surface area contributed by atoms with Gasteiger partial charge >= 0.3 is 0 Å². The predicted molar refractivity (Wildman–Crippen MR) is 93.5 cm³/mol. The summed E-state index contributed by atoms with van der Waals surface area (Å²) in [5, 5.41) is 3.02. The normalized spacial score (nSPS) is 25.7. The van der Waals surface area contributed by atoms with Crippen molar-refractivity contribution in [2.24, 2.45) is 11.3 Å². The highest BCUT2D eigenvalue weighted by Crippen LogP contribution is 2.33. The summed E-state index contributed by atoms with van der Waals surface area (Å²) < 4.78 is 16.9. The Bertz CT molecular complexity index is 572. The fraction of sp³-hybridized carbons (Fsp3) is 0.789. The molecule has 0 aromatic carbocycles. The number of aromatic nitrogens is 1. The molecule has 2 saturated heterocycles. The van der Waals surface area contributed by atoms with Crippen LogP contribution in [0.25, 0.3) is 0 Å². The lowest BCUT2D eigenvalue weighted by atomic mass is 9.78. The lowest BCUT2D eigenvalue weighted by Gasteiger charge is -2.40. The maximum Gasteiger partial charge on any atom is 0.273 e. The maximum absolute atomic E-state index is 12.4. The molecule has 2 aliphatic heterocycles. The van der Waals surface area contributed by atoms with Gasteiger partial charge in [-0.3, -0.25) is 4.79 Å². The lowest BCUT2D eigenvalue weighted by molar-refractivity contribution is -0.0839. The van der Waals surface area contributed by atoms with Gasteiger partial charge in [-0.05, 0) is 31.1 Å². The van der Waals surface area contributed by atoms with E-state index in [-0.39, 0.29) is 23.3 Å². The molecule has 0 saturated carbocycles. The van der Waals surface area contributed by atoms with E-state index in [2.05, 4.69) is 31.1 Å². The molecule has 6 heteroatoms. The number of carbonyl (C=O) groups is 1. The van der Waals surface area contributed by atoms with Crippen molar-refractivity contribution >= 4 is 5.91 Å². The number of rotatable bonds is 4. The van der Waals surface area contributed by atoms with Crippen molar-refractivity contribution < 1.29 is 18.7 Å². The fourth-order valence-corrected chi connectivity index (χ4v) is 3.85. The minimum atomic E-state index is -0.166. The van der Waals surface area contributed by atoms with Crippen LogP contribution in [-0.2, 0) is 9.47 Å². The molecule has 0 spiro atoms. The molecule has 1 aromatic rings. The summed E-state index contributed by atoms with van der Waals surface area (Å²) in [5.41, 5.74) is 0.436. The van der Waals surface area contributed by atoms with Gasteiger partial charge in [0.05, 0.1) is 6.10 Å². The van der Waals surface area contributed by atoms with Crippen molar-refractivity contribution in [3.05, 3.63) is 17.8 Å². The Morgan fingerprint density at radius 1 is 1.24 bits per heavy atom. The zero-order chi connectivity index (χ0) is 17.9. The fourth-order valence-electron chi connectivity index (χ4n) is 3.85. The molecule has 2 atom stereocenters. The Hall–Kier alpha value is -1.40. The summed E-state index contributed by atoms with van der Waals surface area (Å²) in [4.78, 5) is 16.8. The van der Waals surface area contributed by atoms with Gasteiger partial charge in [-0.15, -0.1) is 0 Å². The van der Waals surface area contributed by atoms with Gasteiger partial charge in [0.1, 0.15) is 6.26 Å². The second-order valence-electron chi connectivity index (χ2n) is 8.23. The zero-order valence-corrected chi connectivity index (χ0v) is 15.5. The molecule has 2 unspecified atom stereocenters. The topological polar surface area (TPSA) is 73.6 Å². The van der Waals surface area contributed by atoms with Crippen molar-refractivity contribution in [1.82, 2.24) is 10.3 Å². The minimum absolute atomic E-state index is 0.0694. The van der Waals surface area contributed by atoms with Crippen LogP contribution in [0.2, 0.25) is 0 Å². The number of nitrogens with one attached hydrogen (secondary N) is 1. The van der Waals surface area contributed by atoms with Crippen molar-refractivity contribution in [2.45, 2.75) is 58.5 Å². The first kappa shape index (κ1) is 18.4. The van der Waals surface area contributed by atoms with Crippen LogP contribution in [0.4, 0.5) is 0 Å². The molecular formula is C19H30N2O4. The molecule has 2 aliphatic rings. The molecule has 1 amide bonds. The number of oxazole rings is 1. The molecule has 6 nitrogen and oxygen atoms in total. The van der Waals surface area contributed by atoms with Gasteiger partial charge in [0, 0.05) is 38.2 Å². The van der Waals surface area contributed by atoms with Gasteiger partial charge in [0.15, 0.2) is 11.6 Å². The van der Waals surface area contributed by atoms with Crippen LogP contribution in [0.1, 0.15) is 68.8 Å². The summed E-state index contributed by atoms with van der Waals surface area (Å²) in [5.74, 6) is 1.08. The molecule has 1 N–H and O–H groups in total. The van der Waals surface area contributed by atoms with Crippen LogP contribution in [0.3, 0.4) is 0 Å². The highest BCUT2D eigenvalue weighted by molar-refractivity contribution is 5.91. The van der Waals surface area contributed by atoms with Gasteiger partial charge in [0.2, 0.25) is 0 Å². The minimum Gasteiger partial charge on any atom is -0.448 e. The van der Waals surface area contributed by atoms with Crippen LogP contribution in [-0.4, -0.2) is 43.4 Å². The number of hydrogen-bond acceptors (Lipinski definition) is 5. The van der Waals surface area contributed by atoms with Crippen molar-refractivity contribution in [2.75, 3.05) is 26.4 Å². The summed E-state index contributed by atoms with van der Waals surface area (Å²) in [6.07, 6.45) is 5.55. The van der Waals surface area contributed by atoms with E-state index >= 15 is 0 Å². The molecule has 0 aliphatic carbocycles. The van der Waals surface area contributed by atoms with E-state index in [9.17, 15) is 4.79 Å². The van der Waals surface area contributed by atoms with Gasteiger partial charge < -0.3 is 19.2 Å². The Morgan fingerprint density at radius 2 is 2.00 bits per heavy atom. The average molecular weight is 350 g/mol. The van der Waals surface area contributed by atoms with E-state index in [1.165, 1.54) is 6.26 Å². The highest BCUT2D eigenvalue weighted by Gasteiger charge is 2.35. The first-order chi connectivity index (χ1) is 11.9. The molecular weight excluding hydrogens is 320 g/mol. The lowest BCUT2D eigenvalue weighted by Crippen LogP contribution is -2.45. The van der Waals surface area contributed by atoms with Gasteiger partial charge in [0.25, 0.3) is 5.91 Å². The monoisotopic (exact) mass is 350 g/mol. The quantitative estimate of drug-likeness (QED) is 0.903. The van der Waals surface area contributed by atoms with E-state index in [4.69, 9.17) is 13.9 Å². The summed E-state index contributed by atoms with van der Waals surface area (Å²) in [6.45, 7) is 9.44. The molecule has 3 heterocycles. The van der Waals surface area contributed by atoms with E-state index in [0.29, 0.717) is 24.0 Å². The molecule has 2 fully saturated rings. The first-order valence-corrected chi connectivity index (χ1v) is 9.38. The molecule has 1 aromatic heterocycles. The predicted octanol–water partition coefficient (Wildman–Crippen LogP) is 3.14. The van der Waals surface area contributed by atoms with E-state index in [1.54, 1.807) is 0 Å². The van der Waals surface area contributed by atoms with E-state index in [0.717, 1.165) is 45.5 Å². The van der Waals surface area contributed by atoms with Crippen molar-refractivity contribution in [3.8, 4) is 0 Å². The molecule has 3 rings (SSSR count). The SMILES string of the molecule is CC(C)(C)C1OCCCC1CNC(=O)c1coc(C2CCOCC2)n1. The second kappa shape index (κ2) is 7.87. The van der Waals surface area contributed by atoms with E-state index in [1.807, 2.05) is 0 Å². The summed E-state index contributed by atoms with van der Waals surface area (Å²) >= 11 is 0. The highest BCUT2D eigenvalue weighted by atomic mass is 16.5. The average Bonchev–Trinajstić information content (AvgIpc) is 3.10. The van der Waals surface area contributed by atoms with Gasteiger partial charge in [-0.2, -0.15) is 0 Å². The Morgan fingerprint density at radius 3 is 2.72 bits per heavy atom. The van der Waals surface area contributed by atoms with Crippen LogP contribution in [0.15, 0.2) is 10.7 Å². The Balaban J connectivity index is 1.56. The third-order valence-corrected chi connectivity index (χ3v) is 5.15. The number of nitrogens with zero attached hydrogens (tertiary/aromatic N) is 1. The largest absolute Gasteiger partial charge is 0.448 e. The second-order valence-corrected chi connectivity index (χ2v) is 8.23. The Kier molecular flexibility index (Phi) is 5.79. The number of carbonyl (C=O) groups excluding carboxylic acids is 1. The zero-order valence-electron chi connectivity index (χ0n) is 15.5. The third kappa shape index (κ3) is 4.61. The standard InChI is InChI=1S/C19H30N2O4/c1-19(2,3)16-14(5-4-8-24-16)11-20-17(22)15-12-25-18(21-15)13-6-9-23-10-7-13/h12-14,16H,4-11H2,1-3H3,(H,20,22). The van der Waals surface area contributed by atoms with Crippen LogP contribution in [0.5, 0.6) is 0 Å². The van der Waals surface area contributed by atoms with Gasteiger partial charge in [-0.25, -0.2) is 4.98 Å². The first-order valence-electron chi connectivity index (χ1n) is 9.38. The van der Waals surface area contributed by atoms with Crippen LogP contribution >= 0.6 is 0 Å². The molecule has 0 bridgehead atoms. The van der Waals surface area contributed by atoms with Crippen molar-refractivity contribution in [3.63, 3.8) is 0 Å². The van der Waals surface area contributed by atoms with Crippen molar-refractivity contribution in [1.29, 1.82) is 0 Å². The van der Waals surface area contributed by atoms with Gasteiger partial charge in [-0.1, -0.05) is 20.8 Å². The summed E-state index contributed by atoms with van der Waals surface area (Å²) in [7, 11) is 0. The third-order valence-electron chi connectivity index (χ3n) is 5.15. The molecule has 25 heavy (non-hydrogen) atoms. The number of ether oxygens (including phenoxy) is 2. The molecule has 0 radical (unpaired) electrons. The van der Waals surface area contributed by atoms with Crippen LogP contribution < -0.4 is 5.32 Å². The van der Waals surface area contributed by atoms with E-state index < -0.39 is 0 Å².